The van der Waals surface area contributed by atoms with Crippen LogP contribution in [0.25, 0.3) is 0 Å². The van der Waals surface area contributed by atoms with Crippen LogP contribution >= 0.6 is 0 Å². The lowest BCUT2D eigenvalue weighted by Gasteiger charge is -2.13. The van der Waals surface area contributed by atoms with Gasteiger partial charge in [0.1, 0.15) is 6.10 Å². The number of nitrogens with one attached hydrogen (secondary N) is 1. The molecule has 0 radical (unpaired) electrons. The lowest BCUT2D eigenvalue weighted by atomic mass is 10.2. The number of hydrogen-bond acceptors (Lipinski definition) is 4. The number of nitrogens with zero attached hydrogens (tertiary/aromatic N) is 1. The second-order valence-corrected chi connectivity index (χ2v) is 5.97. The molecule has 0 aromatic carbocycles. The molecule has 0 atom stereocenters. The predicted molar refractivity (Wildman–Crippen MR) is 84.7 cm³/mol. The van der Waals surface area contributed by atoms with Gasteiger partial charge in [0, 0.05) is 25.2 Å². The van der Waals surface area contributed by atoms with Crippen molar-refractivity contribution in [3.8, 4) is 5.88 Å². The summed E-state index contributed by atoms with van der Waals surface area (Å²) in [5.41, 5.74) is 1.00. The third-order valence-corrected chi connectivity index (χ3v) is 3.66. The van der Waals surface area contributed by atoms with E-state index < -0.39 is 0 Å². The minimum absolute atomic E-state index is 0.00396. The van der Waals surface area contributed by atoms with Crippen molar-refractivity contribution in [3.63, 3.8) is 0 Å². The highest BCUT2D eigenvalue weighted by Crippen LogP contribution is 2.23. The van der Waals surface area contributed by atoms with Crippen LogP contribution in [0.2, 0.25) is 0 Å². The van der Waals surface area contributed by atoms with Gasteiger partial charge in [-0.2, -0.15) is 0 Å². The van der Waals surface area contributed by atoms with Gasteiger partial charge in [-0.25, -0.2) is 4.98 Å². The quantitative estimate of drug-likeness (QED) is 0.802. The van der Waals surface area contributed by atoms with Gasteiger partial charge in [0.15, 0.2) is 0 Å². The molecule has 1 amide bonds. The minimum atomic E-state index is -0.00396. The van der Waals surface area contributed by atoms with Crippen LogP contribution in [-0.2, 0) is 16.1 Å². The molecule has 1 N–H and O–H groups in total. The van der Waals surface area contributed by atoms with Crippen LogP contribution in [0, 0.1) is 0 Å². The number of amides is 1. The summed E-state index contributed by atoms with van der Waals surface area (Å²) in [7, 11) is 0. The van der Waals surface area contributed by atoms with E-state index in [1.165, 1.54) is 12.8 Å². The zero-order valence-electron chi connectivity index (χ0n) is 13.5. The van der Waals surface area contributed by atoms with Crippen molar-refractivity contribution >= 4 is 5.91 Å². The smallest absolute Gasteiger partial charge is 0.222 e. The fraction of sp³-hybridized carbons (Fsp3) is 0.647. The van der Waals surface area contributed by atoms with E-state index in [1.54, 1.807) is 6.20 Å². The summed E-state index contributed by atoms with van der Waals surface area (Å²) in [4.78, 5) is 16.0. The number of hydrogen-bond donors (Lipinski definition) is 1. The zero-order chi connectivity index (χ0) is 15.8. The molecule has 122 valence electrons. The Morgan fingerprint density at radius 2 is 2.18 bits per heavy atom. The van der Waals surface area contributed by atoms with Gasteiger partial charge in [0.25, 0.3) is 0 Å². The zero-order valence-corrected chi connectivity index (χ0v) is 13.5. The van der Waals surface area contributed by atoms with Crippen molar-refractivity contribution < 1.29 is 14.3 Å². The number of rotatable bonds is 8. The molecule has 1 saturated carbocycles. The molecule has 0 bridgehead atoms. The molecule has 5 nitrogen and oxygen atoms in total. The summed E-state index contributed by atoms with van der Waals surface area (Å²) in [5, 5.41) is 2.89. The van der Waals surface area contributed by atoms with E-state index in [0.29, 0.717) is 31.6 Å². The van der Waals surface area contributed by atoms with E-state index in [4.69, 9.17) is 9.47 Å². The molecule has 0 aliphatic heterocycles. The molecule has 2 rings (SSSR count). The number of carbonyl (C=O) groups excluding carboxylic acids is 1. The van der Waals surface area contributed by atoms with E-state index in [1.807, 2.05) is 26.0 Å². The van der Waals surface area contributed by atoms with Gasteiger partial charge >= 0.3 is 0 Å². The Bertz CT molecular complexity index is 471. The van der Waals surface area contributed by atoms with Gasteiger partial charge in [-0.15, -0.1) is 0 Å². The number of ether oxygens (including phenoxy) is 2. The fourth-order valence-electron chi connectivity index (χ4n) is 2.48. The largest absolute Gasteiger partial charge is 0.474 e. The van der Waals surface area contributed by atoms with E-state index in [-0.39, 0.29) is 12.0 Å². The average Bonchev–Trinajstić information content (AvgIpc) is 2.98. The molecule has 0 spiro atoms. The summed E-state index contributed by atoms with van der Waals surface area (Å²) >= 11 is 0. The highest BCUT2D eigenvalue weighted by atomic mass is 16.5. The monoisotopic (exact) mass is 306 g/mol. The van der Waals surface area contributed by atoms with Crippen LogP contribution in [-0.4, -0.2) is 29.7 Å². The standard InChI is InChI=1S/C17H26N2O3/c1-13(2)21-10-8-16(20)19-12-14-7-9-18-17(11-14)22-15-5-3-4-6-15/h7,9,11,13,15H,3-6,8,10,12H2,1-2H3,(H,19,20). The molecule has 22 heavy (non-hydrogen) atoms. The number of pyridine rings is 1. The molecular formula is C17H26N2O3. The van der Waals surface area contributed by atoms with Crippen molar-refractivity contribution in [2.24, 2.45) is 0 Å². The Labute approximate surface area is 132 Å². The van der Waals surface area contributed by atoms with Crippen LogP contribution in [0.15, 0.2) is 18.3 Å². The van der Waals surface area contributed by atoms with Gasteiger partial charge < -0.3 is 14.8 Å². The highest BCUT2D eigenvalue weighted by molar-refractivity contribution is 5.75. The first kappa shape index (κ1) is 16.7. The van der Waals surface area contributed by atoms with Crippen LogP contribution in [0.5, 0.6) is 5.88 Å². The summed E-state index contributed by atoms with van der Waals surface area (Å²) in [6, 6.07) is 3.80. The molecule has 1 aliphatic rings. The summed E-state index contributed by atoms with van der Waals surface area (Å²) in [6.07, 6.45) is 7.26. The van der Waals surface area contributed by atoms with Crippen molar-refractivity contribution in [1.82, 2.24) is 10.3 Å². The molecule has 5 heteroatoms. The van der Waals surface area contributed by atoms with E-state index in [9.17, 15) is 4.79 Å². The van der Waals surface area contributed by atoms with Gasteiger partial charge in [0.2, 0.25) is 11.8 Å². The Hall–Kier alpha value is -1.62. The van der Waals surface area contributed by atoms with Crippen molar-refractivity contribution in [2.75, 3.05) is 6.61 Å². The van der Waals surface area contributed by atoms with E-state index in [0.717, 1.165) is 18.4 Å². The van der Waals surface area contributed by atoms with Crippen LogP contribution in [0.1, 0.15) is 51.5 Å². The summed E-state index contributed by atoms with van der Waals surface area (Å²) in [6.45, 7) is 4.86. The minimum Gasteiger partial charge on any atom is -0.474 e. The maximum absolute atomic E-state index is 11.7. The molecular weight excluding hydrogens is 280 g/mol. The first-order valence-corrected chi connectivity index (χ1v) is 8.13. The lowest BCUT2D eigenvalue weighted by Crippen LogP contribution is -2.24. The first-order valence-electron chi connectivity index (χ1n) is 8.13. The first-order chi connectivity index (χ1) is 10.6. The van der Waals surface area contributed by atoms with Gasteiger partial charge in [-0.1, -0.05) is 0 Å². The number of carbonyl (C=O) groups is 1. The molecule has 1 aromatic heterocycles. The number of aromatic nitrogens is 1. The Morgan fingerprint density at radius 3 is 2.91 bits per heavy atom. The third-order valence-electron chi connectivity index (χ3n) is 3.66. The molecule has 1 aromatic rings. The Morgan fingerprint density at radius 1 is 1.41 bits per heavy atom. The SMILES string of the molecule is CC(C)OCCC(=O)NCc1ccnc(OC2CCCC2)c1. The van der Waals surface area contributed by atoms with Crippen LogP contribution < -0.4 is 10.1 Å². The van der Waals surface area contributed by atoms with Crippen molar-refractivity contribution in [2.45, 2.75) is 64.7 Å². The summed E-state index contributed by atoms with van der Waals surface area (Å²) < 4.78 is 11.2. The van der Waals surface area contributed by atoms with Crippen molar-refractivity contribution in [1.29, 1.82) is 0 Å². The van der Waals surface area contributed by atoms with E-state index in [2.05, 4.69) is 10.3 Å². The molecule has 1 heterocycles. The average molecular weight is 306 g/mol. The molecule has 1 fully saturated rings. The van der Waals surface area contributed by atoms with Crippen molar-refractivity contribution in [3.05, 3.63) is 23.9 Å². The fourth-order valence-corrected chi connectivity index (χ4v) is 2.48. The second kappa shape index (κ2) is 8.73. The Balaban J connectivity index is 1.74. The maximum atomic E-state index is 11.7. The second-order valence-electron chi connectivity index (χ2n) is 5.97. The Kier molecular flexibility index (Phi) is 6.65. The molecule has 0 saturated heterocycles. The molecule has 0 unspecified atom stereocenters. The topological polar surface area (TPSA) is 60.5 Å². The maximum Gasteiger partial charge on any atom is 0.222 e. The predicted octanol–water partition coefficient (Wildman–Crippen LogP) is 2.83. The van der Waals surface area contributed by atoms with E-state index >= 15 is 0 Å². The third kappa shape index (κ3) is 6.02. The normalized spacial score (nSPS) is 15.2. The van der Waals surface area contributed by atoms with Gasteiger partial charge in [-0.05, 0) is 51.2 Å². The molecule has 1 aliphatic carbocycles. The highest BCUT2D eigenvalue weighted by Gasteiger charge is 2.17. The van der Waals surface area contributed by atoms with Crippen LogP contribution in [0.3, 0.4) is 0 Å². The summed E-state index contributed by atoms with van der Waals surface area (Å²) in [5.74, 6) is 0.650. The van der Waals surface area contributed by atoms with Gasteiger partial charge in [-0.3, -0.25) is 4.79 Å². The van der Waals surface area contributed by atoms with Crippen LogP contribution in [0.4, 0.5) is 0 Å². The lowest BCUT2D eigenvalue weighted by molar-refractivity contribution is -0.122. The van der Waals surface area contributed by atoms with Gasteiger partial charge in [0.05, 0.1) is 12.7 Å².